The van der Waals surface area contributed by atoms with E-state index in [1.807, 2.05) is 31.4 Å². The summed E-state index contributed by atoms with van der Waals surface area (Å²) in [5.74, 6) is 0. The monoisotopic (exact) mass is 203 g/mol. The van der Waals surface area contributed by atoms with Crippen molar-refractivity contribution in [3.8, 4) is 0 Å². The molecule has 0 aromatic carbocycles. The first-order valence-corrected chi connectivity index (χ1v) is 4.82. The van der Waals surface area contributed by atoms with E-state index in [1.165, 1.54) is 0 Å². The third-order valence-electron chi connectivity index (χ3n) is 2.23. The molecule has 0 saturated carbocycles. The van der Waals surface area contributed by atoms with Gasteiger partial charge in [0, 0.05) is 32.1 Å². The second kappa shape index (κ2) is 4.23. The van der Waals surface area contributed by atoms with Gasteiger partial charge >= 0.3 is 0 Å². The van der Waals surface area contributed by atoms with E-state index < -0.39 is 6.10 Å². The Balaban J connectivity index is 2.07. The van der Waals surface area contributed by atoms with Gasteiger partial charge in [-0.3, -0.25) is 9.67 Å². The minimum absolute atomic E-state index is 0.546. The van der Waals surface area contributed by atoms with Crippen molar-refractivity contribution in [3.63, 3.8) is 0 Å². The molecule has 4 heteroatoms. The molecule has 0 aliphatic heterocycles. The van der Waals surface area contributed by atoms with Gasteiger partial charge in [0.05, 0.1) is 5.69 Å². The van der Waals surface area contributed by atoms with Crippen LogP contribution in [0.25, 0.3) is 0 Å². The molecule has 4 nitrogen and oxygen atoms in total. The SMILES string of the molecule is Cn1ccc(C(O)Cc2cccnc2)n1. The van der Waals surface area contributed by atoms with Gasteiger partial charge in [-0.05, 0) is 17.7 Å². The maximum atomic E-state index is 9.88. The van der Waals surface area contributed by atoms with Crippen LogP contribution in [0.15, 0.2) is 36.8 Å². The highest BCUT2D eigenvalue weighted by Gasteiger charge is 2.10. The van der Waals surface area contributed by atoms with Crippen molar-refractivity contribution in [2.24, 2.45) is 7.05 Å². The molecule has 1 unspecified atom stereocenters. The van der Waals surface area contributed by atoms with Crippen molar-refractivity contribution in [2.45, 2.75) is 12.5 Å². The molecule has 0 aliphatic carbocycles. The number of rotatable bonds is 3. The summed E-state index contributed by atoms with van der Waals surface area (Å²) < 4.78 is 1.68. The number of aryl methyl sites for hydroxylation is 1. The Morgan fingerprint density at radius 3 is 2.93 bits per heavy atom. The van der Waals surface area contributed by atoms with E-state index in [4.69, 9.17) is 0 Å². The molecule has 2 aromatic rings. The smallest absolute Gasteiger partial charge is 0.102 e. The van der Waals surface area contributed by atoms with Crippen molar-refractivity contribution in [3.05, 3.63) is 48.0 Å². The molecule has 2 rings (SSSR count). The normalized spacial score (nSPS) is 12.7. The van der Waals surface area contributed by atoms with E-state index in [-0.39, 0.29) is 0 Å². The van der Waals surface area contributed by atoms with Crippen LogP contribution in [0.5, 0.6) is 0 Å². The largest absolute Gasteiger partial charge is 0.386 e. The van der Waals surface area contributed by atoms with Crippen LogP contribution in [-0.4, -0.2) is 19.9 Å². The lowest BCUT2D eigenvalue weighted by Crippen LogP contribution is -2.03. The van der Waals surface area contributed by atoms with Crippen molar-refractivity contribution in [1.82, 2.24) is 14.8 Å². The summed E-state index contributed by atoms with van der Waals surface area (Å²) in [7, 11) is 1.83. The number of hydrogen-bond donors (Lipinski definition) is 1. The summed E-state index contributed by atoms with van der Waals surface area (Å²) in [5, 5.41) is 14.0. The Kier molecular flexibility index (Phi) is 2.78. The summed E-state index contributed by atoms with van der Waals surface area (Å²) in [4.78, 5) is 4.00. The van der Waals surface area contributed by atoms with Crippen LogP contribution >= 0.6 is 0 Å². The molecule has 1 N–H and O–H groups in total. The average Bonchev–Trinajstić information content (AvgIpc) is 2.66. The first-order chi connectivity index (χ1) is 7.25. The fourth-order valence-electron chi connectivity index (χ4n) is 1.46. The van der Waals surface area contributed by atoms with Gasteiger partial charge in [-0.1, -0.05) is 6.07 Å². The molecule has 0 fully saturated rings. The number of aromatic nitrogens is 3. The number of pyridine rings is 1. The van der Waals surface area contributed by atoms with Gasteiger partial charge in [-0.25, -0.2) is 0 Å². The summed E-state index contributed by atoms with van der Waals surface area (Å²) in [6.07, 6.45) is 5.28. The Morgan fingerprint density at radius 1 is 1.47 bits per heavy atom. The van der Waals surface area contributed by atoms with E-state index in [0.29, 0.717) is 12.1 Å². The van der Waals surface area contributed by atoms with Crippen LogP contribution in [0.2, 0.25) is 0 Å². The molecule has 0 saturated heterocycles. The first-order valence-electron chi connectivity index (χ1n) is 4.82. The highest BCUT2D eigenvalue weighted by atomic mass is 16.3. The maximum Gasteiger partial charge on any atom is 0.102 e. The predicted octanol–water partition coefficient (Wildman–Crippen LogP) is 1.09. The average molecular weight is 203 g/mol. The molecule has 0 aliphatic rings. The quantitative estimate of drug-likeness (QED) is 0.812. The molecule has 78 valence electrons. The number of aliphatic hydroxyl groups excluding tert-OH is 1. The first kappa shape index (κ1) is 9.86. The molecular weight excluding hydrogens is 190 g/mol. The molecule has 1 atom stereocenters. The van der Waals surface area contributed by atoms with Crippen LogP contribution in [0, 0.1) is 0 Å². The highest BCUT2D eigenvalue weighted by Crippen LogP contribution is 2.15. The Labute approximate surface area is 88.2 Å². The Bertz CT molecular complexity index is 424. The van der Waals surface area contributed by atoms with Crippen molar-refractivity contribution in [2.75, 3.05) is 0 Å². The molecule has 0 amide bonds. The topological polar surface area (TPSA) is 50.9 Å². The maximum absolute atomic E-state index is 9.88. The number of aliphatic hydroxyl groups is 1. The zero-order valence-corrected chi connectivity index (χ0v) is 8.54. The van der Waals surface area contributed by atoms with Gasteiger partial charge in [0.15, 0.2) is 0 Å². The molecule has 0 bridgehead atoms. The van der Waals surface area contributed by atoms with Gasteiger partial charge in [-0.15, -0.1) is 0 Å². The zero-order chi connectivity index (χ0) is 10.7. The molecule has 0 radical (unpaired) electrons. The van der Waals surface area contributed by atoms with Crippen LogP contribution in [0.3, 0.4) is 0 Å². The lowest BCUT2D eigenvalue weighted by atomic mass is 10.1. The molecule has 0 spiro atoms. The van der Waals surface area contributed by atoms with Crippen LogP contribution < -0.4 is 0 Å². The summed E-state index contributed by atoms with van der Waals surface area (Å²) in [6, 6.07) is 5.63. The van der Waals surface area contributed by atoms with E-state index in [1.54, 1.807) is 17.1 Å². The lowest BCUT2D eigenvalue weighted by Gasteiger charge is -2.06. The fraction of sp³-hybridized carbons (Fsp3) is 0.273. The predicted molar refractivity (Wildman–Crippen MR) is 56.1 cm³/mol. The third kappa shape index (κ3) is 2.41. The van der Waals surface area contributed by atoms with Gasteiger partial charge in [0.2, 0.25) is 0 Å². The fourth-order valence-corrected chi connectivity index (χ4v) is 1.46. The van der Waals surface area contributed by atoms with E-state index in [0.717, 1.165) is 5.56 Å². The molecular formula is C11H13N3O. The van der Waals surface area contributed by atoms with Crippen molar-refractivity contribution >= 4 is 0 Å². The number of hydrogen-bond acceptors (Lipinski definition) is 3. The van der Waals surface area contributed by atoms with Crippen molar-refractivity contribution < 1.29 is 5.11 Å². The highest BCUT2D eigenvalue weighted by molar-refractivity contribution is 5.13. The zero-order valence-electron chi connectivity index (χ0n) is 8.54. The van der Waals surface area contributed by atoms with Crippen LogP contribution in [0.4, 0.5) is 0 Å². The van der Waals surface area contributed by atoms with Crippen LogP contribution in [-0.2, 0) is 13.5 Å². The molecule has 2 heterocycles. The van der Waals surface area contributed by atoms with E-state index >= 15 is 0 Å². The summed E-state index contributed by atoms with van der Waals surface area (Å²) in [5.41, 5.74) is 1.71. The van der Waals surface area contributed by atoms with Gasteiger partial charge in [-0.2, -0.15) is 5.10 Å². The van der Waals surface area contributed by atoms with Crippen molar-refractivity contribution in [1.29, 1.82) is 0 Å². The standard InChI is InChI=1S/C11H13N3O/c1-14-6-4-10(13-14)11(15)7-9-3-2-5-12-8-9/h2-6,8,11,15H,7H2,1H3. The molecule has 2 aromatic heterocycles. The van der Waals surface area contributed by atoms with Gasteiger partial charge in [0.1, 0.15) is 6.10 Å². The minimum atomic E-state index is -0.560. The second-order valence-electron chi connectivity index (χ2n) is 3.50. The third-order valence-corrected chi connectivity index (χ3v) is 2.23. The van der Waals surface area contributed by atoms with Gasteiger partial charge < -0.3 is 5.11 Å². The summed E-state index contributed by atoms with van der Waals surface area (Å²) >= 11 is 0. The van der Waals surface area contributed by atoms with E-state index in [9.17, 15) is 5.11 Å². The van der Waals surface area contributed by atoms with E-state index in [2.05, 4.69) is 10.1 Å². The summed E-state index contributed by atoms with van der Waals surface area (Å²) in [6.45, 7) is 0. The Hall–Kier alpha value is -1.68. The molecule has 15 heavy (non-hydrogen) atoms. The Morgan fingerprint density at radius 2 is 2.33 bits per heavy atom. The van der Waals surface area contributed by atoms with Crippen LogP contribution in [0.1, 0.15) is 17.4 Å². The number of nitrogens with zero attached hydrogens (tertiary/aromatic N) is 3. The lowest BCUT2D eigenvalue weighted by molar-refractivity contribution is 0.172. The minimum Gasteiger partial charge on any atom is -0.386 e. The second-order valence-corrected chi connectivity index (χ2v) is 3.50. The van der Waals surface area contributed by atoms with Gasteiger partial charge in [0.25, 0.3) is 0 Å².